The van der Waals surface area contributed by atoms with Gasteiger partial charge in [-0.25, -0.2) is 0 Å². The number of benzene rings is 1. The Morgan fingerprint density at radius 2 is 2.15 bits per heavy atom. The maximum Gasteiger partial charge on any atom is 0.0447 e. The molecule has 0 aliphatic heterocycles. The smallest absolute Gasteiger partial charge is 0.0447 e. The average Bonchev–Trinajstić information content (AvgIpc) is 2.79. The molecule has 68 valence electrons. The molecule has 1 saturated carbocycles. The summed E-state index contributed by atoms with van der Waals surface area (Å²) in [7, 11) is 0. The highest BCUT2D eigenvalue weighted by atomic mass is 35.5. The van der Waals surface area contributed by atoms with Crippen LogP contribution < -0.4 is 5.73 Å². The van der Waals surface area contributed by atoms with Crippen LogP contribution >= 0.6 is 11.6 Å². The highest BCUT2D eigenvalue weighted by Gasteiger charge is 2.54. The largest absolute Gasteiger partial charge is 0.327 e. The Kier molecular flexibility index (Phi) is 1.38. The van der Waals surface area contributed by atoms with E-state index < -0.39 is 0 Å². The fourth-order valence-corrected chi connectivity index (χ4v) is 3.05. The summed E-state index contributed by atoms with van der Waals surface area (Å²) in [5, 5.41) is 0.919. The van der Waals surface area contributed by atoms with Gasteiger partial charge in [0.05, 0.1) is 0 Å². The zero-order valence-electron chi connectivity index (χ0n) is 7.39. The zero-order chi connectivity index (χ0) is 9.05. The number of halogens is 1. The Balaban J connectivity index is 2.24. The lowest BCUT2D eigenvalue weighted by Crippen LogP contribution is -2.30. The predicted molar refractivity (Wildman–Crippen MR) is 54.0 cm³/mol. The topological polar surface area (TPSA) is 26.0 Å². The molecular weight excluding hydrogens is 182 g/mol. The van der Waals surface area contributed by atoms with E-state index in [0.29, 0.717) is 6.04 Å². The molecule has 13 heavy (non-hydrogen) atoms. The Morgan fingerprint density at radius 1 is 1.38 bits per heavy atom. The van der Waals surface area contributed by atoms with E-state index in [1.165, 1.54) is 24.0 Å². The van der Waals surface area contributed by atoms with Crippen molar-refractivity contribution in [2.45, 2.75) is 30.7 Å². The second kappa shape index (κ2) is 2.28. The standard InChI is InChI=1S/C11H12ClN/c12-8-3-1-2-7-6-9(13)11(4-5-11)10(7)8/h1-3,9H,4-6,13H2. The lowest BCUT2D eigenvalue weighted by molar-refractivity contribution is 0.563. The average molecular weight is 194 g/mol. The lowest BCUT2D eigenvalue weighted by Gasteiger charge is -2.14. The molecule has 0 aromatic heterocycles. The van der Waals surface area contributed by atoms with E-state index in [4.69, 9.17) is 17.3 Å². The summed E-state index contributed by atoms with van der Waals surface area (Å²) in [5.41, 5.74) is 9.13. The van der Waals surface area contributed by atoms with Crippen molar-refractivity contribution in [1.29, 1.82) is 0 Å². The molecule has 1 unspecified atom stereocenters. The molecule has 2 aliphatic rings. The van der Waals surface area contributed by atoms with E-state index >= 15 is 0 Å². The molecule has 0 saturated heterocycles. The number of hydrogen-bond donors (Lipinski definition) is 1. The Morgan fingerprint density at radius 3 is 2.85 bits per heavy atom. The van der Waals surface area contributed by atoms with Gasteiger partial charge in [0.2, 0.25) is 0 Å². The second-order valence-electron chi connectivity index (χ2n) is 4.24. The van der Waals surface area contributed by atoms with Gasteiger partial charge in [-0.15, -0.1) is 0 Å². The lowest BCUT2D eigenvalue weighted by atomic mass is 9.95. The third-order valence-electron chi connectivity index (χ3n) is 3.54. The minimum absolute atomic E-state index is 0.272. The molecule has 0 radical (unpaired) electrons. The van der Waals surface area contributed by atoms with Gasteiger partial charge in [-0.3, -0.25) is 0 Å². The summed E-state index contributed by atoms with van der Waals surface area (Å²) in [6.45, 7) is 0. The molecule has 1 aromatic rings. The fraction of sp³-hybridized carbons (Fsp3) is 0.455. The third kappa shape index (κ3) is 0.866. The van der Waals surface area contributed by atoms with E-state index in [1.54, 1.807) is 0 Å². The molecule has 3 rings (SSSR count). The van der Waals surface area contributed by atoms with Crippen molar-refractivity contribution < 1.29 is 0 Å². The van der Waals surface area contributed by atoms with Crippen LogP contribution in [0.4, 0.5) is 0 Å². The van der Waals surface area contributed by atoms with Crippen LogP contribution in [0.5, 0.6) is 0 Å². The minimum Gasteiger partial charge on any atom is -0.327 e. The van der Waals surface area contributed by atoms with Crippen LogP contribution in [-0.4, -0.2) is 6.04 Å². The van der Waals surface area contributed by atoms with Crippen molar-refractivity contribution in [2.24, 2.45) is 5.73 Å². The molecule has 2 heteroatoms. The number of nitrogens with two attached hydrogens (primary N) is 1. The van der Waals surface area contributed by atoms with Crippen molar-refractivity contribution >= 4 is 11.6 Å². The monoisotopic (exact) mass is 193 g/mol. The highest BCUT2D eigenvalue weighted by molar-refractivity contribution is 6.31. The van der Waals surface area contributed by atoms with Gasteiger partial charge < -0.3 is 5.73 Å². The predicted octanol–water partition coefficient (Wildman–Crippen LogP) is 2.26. The molecule has 0 heterocycles. The van der Waals surface area contributed by atoms with Gasteiger partial charge in [-0.1, -0.05) is 23.7 Å². The number of rotatable bonds is 0. The quantitative estimate of drug-likeness (QED) is 0.672. The Labute approximate surface area is 82.9 Å². The molecule has 1 aromatic carbocycles. The van der Waals surface area contributed by atoms with Crippen LogP contribution in [0.1, 0.15) is 24.0 Å². The van der Waals surface area contributed by atoms with Gasteiger partial charge in [-0.2, -0.15) is 0 Å². The first-order valence-electron chi connectivity index (χ1n) is 4.77. The number of hydrogen-bond acceptors (Lipinski definition) is 1. The molecule has 0 bridgehead atoms. The number of fused-ring (bicyclic) bond motifs is 2. The van der Waals surface area contributed by atoms with Crippen LogP contribution in [-0.2, 0) is 11.8 Å². The molecule has 2 aliphatic carbocycles. The molecular formula is C11H12ClN. The summed E-state index contributed by atoms with van der Waals surface area (Å²) in [4.78, 5) is 0. The van der Waals surface area contributed by atoms with E-state index in [0.717, 1.165) is 11.4 Å². The molecule has 1 nitrogen and oxygen atoms in total. The van der Waals surface area contributed by atoms with E-state index in [2.05, 4.69) is 6.07 Å². The molecule has 1 fully saturated rings. The maximum atomic E-state index is 6.20. The summed E-state index contributed by atoms with van der Waals surface area (Å²) < 4.78 is 0. The van der Waals surface area contributed by atoms with Gasteiger partial charge in [0.1, 0.15) is 0 Å². The van der Waals surface area contributed by atoms with Gasteiger partial charge in [0.25, 0.3) is 0 Å². The van der Waals surface area contributed by atoms with Crippen LogP contribution in [0, 0.1) is 0 Å². The Bertz CT molecular complexity index is 368. The van der Waals surface area contributed by atoms with E-state index in [-0.39, 0.29) is 5.41 Å². The van der Waals surface area contributed by atoms with Crippen LogP contribution in [0.2, 0.25) is 5.02 Å². The normalized spacial score (nSPS) is 27.7. The molecule has 1 atom stereocenters. The maximum absolute atomic E-state index is 6.20. The minimum atomic E-state index is 0.272. The van der Waals surface area contributed by atoms with Crippen LogP contribution in [0.25, 0.3) is 0 Å². The first-order valence-corrected chi connectivity index (χ1v) is 5.15. The van der Waals surface area contributed by atoms with Crippen molar-refractivity contribution in [2.75, 3.05) is 0 Å². The fourth-order valence-electron chi connectivity index (χ4n) is 2.67. The van der Waals surface area contributed by atoms with Gasteiger partial charge >= 0.3 is 0 Å². The highest BCUT2D eigenvalue weighted by Crippen LogP contribution is 2.57. The van der Waals surface area contributed by atoms with Gasteiger partial charge in [-0.05, 0) is 36.5 Å². The van der Waals surface area contributed by atoms with Gasteiger partial charge in [0.15, 0.2) is 0 Å². The molecule has 1 spiro atoms. The zero-order valence-corrected chi connectivity index (χ0v) is 8.14. The van der Waals surface area contributed by atoms with E-state index in [1.807, 2.05) is 12.1 Å². The summed E-state index contributed by atoms with van der Waals surface area (Å²) in [6, 6.07) is 6.48. The summed E-state index contributed by atoms with van der Waals surface area (Å²) in [5.74, 6) is 0. The van der Waals surface area contributed by atoms with Crippen molar-refractivity contribution in [3.8, 4) is 0 Å². The summed E-state index contributed by atoms with van der Waals surface area (Å²) in [6.07, 6.45) is 3.46. The summed E-state index contributed by atoms with van der Waals surface area (Å²) >= 11 is 6.20. The van der Waals surface area contributed by atoms with Crippen molar-refractivity contribution in [3.63, 3.8) is 0 Å². The van der Waals surface area contributed by atoms with Crippen molar-refractivity contribution in [3.05, 3.63) is 34.3 Å². The van der Waals surface area contributed by atoms with E-state index in [9.17, 15) is 0 Å². The SMILES string of the molecule is NC1Cc2cccc(Cl)c2C12CC2. The third-order valence-corrected chi connectivity index (χ3v) is 3.85. The first kappa shape index (κ1) is 7.84. The first-order chi connectivity index (χ1) is 6.24. The van der Waals surface area contributed by atoms with Gasteiger partial charge in [0, 0.05) is 16.5 Å². The van der Waals surface area contributed by atoms with Crippen LogP contribution in [0.15, 0.2) is 18.2 Å². The second-order valence-corrected chi connectivity index (χ2v) is 4.65. The molecule has 2 N–H and O–H groups in total. The van der Waals surface area contributed by atoms with Crippen LogP contribution in [0.3, 0.4) is 0 Å². The van der Waals surface area contributed by atoms with Crippen molar-refractivity contribution in [1.82, 2.24) is 0 Å². The molecule has 0 amide bonds. The Hall–Kier alpha value is -0.530.